The van der Waals surface area contributed by atoms with Crippen molar-refractivity contribution in [2.45, 2.75) is 18.6 Å². The third-order valence-corrected chi connectivity index (χ3v) is 2.82. The number of aliphatic hydroxyl groups excluding tert-OH is 2. The molecule has 2 rings (SSSR count). The number of aliphatic hydroxyl groups is 2. The minimum Gasteiger partial charge on any atom is -0.390 e. The van der Waals surface area contributed by atoms with E-state index in [1.807, 2.05) is 12.1 Å². The van der Waals surface area contributed by atoms with Gasteiger partial charge in [-0.3, -0.25) is 5.10 Å². The first-order valence-corrected chi connectivity index (χ1v) is 5.61. The van der Waals surface area contributed by atoms with Gasteiger partial charge in [0.2, 0.25) is 0 Å². The SMILES string of the molecule is OC(CCCl)C(O)c1cccc2[nH]ncc12. The molecule has 0 amide bonds. The van der Waals surface area contributed by atoms with Gasteiger partial charge >= 0.3 is 0 Å². The molecule has 0 saturated heterocycles. The van der Waals surface area contributed by atoms with E-state index in [1.165, 1.54) is 0 Å². The third kappa shape index (κ3) is 2.04. The number of alkyl halides is 1. The van der Waals surface area contributed by atoms with Crippen molar-refractivity contribution in [2.75, 3.05) is 5.88 Å². The Hall–Kier alpha value is -1.10. The van der Waals surface area contributed by atoms with E-state index in [4.69, 9.17) is 11.6 Å². The Morgan fingerprint density at radius 3 is 2.94 bits per heavy atom. The molecule has 0 spiro atoms. The van der Waals surface area contributed by atoms with Crippen LogP contribution in [0.15, 0.2) is 24.4 Å². The fourth-order valence-corrected chi connectivity index (χ4v) is 1.95. The fourth-order valence-electron chi connectivity index (χ4n) is 1.73. The van der Waals surface area contributed by atoms with Crippen LogP contribution in [0, 0.1) is 0 Å². The molecule has 0 aliphatic carbocycles. The summed E-state index contributed by atoms with van der Waals surface area (Å²) in [5, 5.41) is 27.2. The lowest BCUT2D eigenvalue weighted by Crippen LogP contribution is -2.18. The van der Waals surface area contributed by atoms with E-state index in [1.54, 1.807) is 12.3 Å². The minimum absolute atomic E-state index is 0.319. The number of nitrogens with zero attached hydrogens (tertiary/aromatic N) is 1. The van der Waals surface area contributed by atoms with Gasteiger partial charge in [-0.1, -0.05) is 12.1 Å². The Kier molecular flexibility index (Phi) is 3.43. The normalized spacial score (nSPS) is 15.2. The molecule has 0 saturated carbocycles. The molecular formula is C11H13ClN2O2. The van der Waals surface area contributed by atoms with Crippen LogP contribution in [0.3, 0.4) is 0 Å². The highest BCUT2D eigenvalue weighted by atomic mass is 35.5. The summed E-state index contributed by atoms with van der Waals surface area (Å²) < 4.78 is 0. The van der Waals surface area contributed by atoms with Gasteiger partial charge in [0.25, 0.3) is 0 Å². The van der Waals surface area contributed by atoms with E-state index >= 15 is 0 Å². The van der Waals surface area contributed by atoms with Crippen molar-refractivity contribution in [3.63, 3.8) is 0 Å². The van der Waals surface area contributed by atoms with Gasteiger partial charge in [0, 0.05) is 11.3 Å². The van der Waals surface area contributed by atoms with Gasteiger partial charge in [-0.2, -0.15) is 5.10 Å². The number of hydrogen-bond donors (Lipinski definition) is 3. The monoisotopic (exact) mass is 240 g/mol. The standard InChI is InChI=1S/C11H13ClN2O2/c12-5-4-10(15)11(16)7-2-1-3-9-8(7)6-13-14-9/h1-3,6,10-11,15-16H,4-5H2,(H,13,14). The molecule has 0 radical (unpaired) electrons. The van der Waals surface area contributed by atoms with Crippen LogP contribution in [-0.4, -0.2) is 32.4 Å². The average molecular weight is 241 g/mol. The van der Waals surface area contributed by atoms with Crippen molar-refractivity contribution in [1.29, 1.82) is 0 Å². The van der Waals surface area contributed by atoms with Gasteiger partial charge in [-0.05, 0) is 18.1 Å². The van der Waals surface area contributed by atoms with Gasteiger partial charge < -0.3 is 10.2 Å². The highest BCUT2D eigenvalue weighted by Gasteiger charge is 2.20. The molecule has 2 unspecified atom stereocenters. The molecule has 1 aromatic heterocycles. The number of fused-ring (bicyclic) bond motifs is 1. The van der Waals surface area contributed by atoms with Gasteiger partial charge in [0.05, 0.1) is 17.8 Å². The lowest BCUT2D eigenvalue weighted by Gasteiger charge is -2.17. The summed E-state index contributed by atoms with van der Waals surface area (Å²) >= 11 is 5.54. The van der Waals surface area contributed by atoms with Crippen LogP contribution in [0.2, 0.25) is 0 Å². The molecule has 0 bridgehead atoms. The molecule has 2 atom stereocenters. The van der Waals surface area contributed by atoms with Gasteiger partial charge in [0.1, 0.15) is 6.10 Å². The Morgan fingerprint density at radius 1 is 1.38 bits per heavy atom. The minimum atomic E-state index is -0.931. The van der Waals surface area contributed by atoms with Crippen LogP contribution < -0.4 is 0 Å². The molecule has 1 heterocycles. The third-order valence-electron chi connectivity index (χ3n) is 2.61. The Morgan fingerprint density at radius 2 is 2.19 bits per heavy atom. The number of aromatic nitrogens is 2. The van der Waals surface area contributed by atoms with Crippen LogP contribution in [-0.2, 0) is 0 Å². The van der Waals surface area contributed by atoms with E-state index in [2.05, 4.69) is 10.2 Å². The maximum Gasteiger partial charge on any atom is 0.106 e. The Balaban J connectivity index is 2.35. The number of halogens is 1. The predicted octanol–water partition coefficient (Wildman–Crippen LogP) is 1.59. The molecule has 0 aliphatic rings. The molecule has 5 heteroatoms. The van der Waals surface area contributed by atoms with Crippen LogP contribution in [0.1, 0.15) is 18.1 Å². The summed E-state index contributed by atoms with van der Waals surface area (Å²) in [6, 6.07) is 5.46. The van der Waals surface area contributed by atoms with Gasteiger partial charge in [-0.15, -0.1) is 11.6 Å². The van der Waals surface area contributed by atoms with Gasteiger partial charge in [-0.25, -0.2) is 0 Å². The second kappa shape index (κ2) is 4.82. The smallest absolute Gasteiger partial charge is 0.106 e. The number of hydrogen-bond acceptors (Lipinski definition) is 3. The van der Waals surface area contributed by atoms with E-state index in [9.17, 15) is 10.2 Å². The van der Waals surface area contributed by atoms with Crippen molar-refractivity contribution >= 4 is 22.5 Å². The molecule has 0 aliphatic heterocycles. The molecule has 2 aromatic rings. The first-order chi connectivity index (χ1) is 7.74. The van der Waals surface area contributed by atoms with E-state index in [-0.39, 0.29) is 0 Å². The molecule has 0 fully saturated rings. The number of H-pyrrole nitrogens is 1. The fraction of sp³-hybridized carbons (Fsp3) is 0.364. The second-order valence-corrected chi connectivity index (χ2v) is 4.05. The highest BCUT2D eigenvalue weighted by Crippen LogP contribution is 2.26. The van der Waals surface area contributed by atoms with Crippen LogP contribution in [0.25, 0.3) is 10.9 Å². The number of rotatable bonds is 4. The summed E-state index contributed by atoms with van der Waals surface area (Å²) in [7, 11) is 0. The molecule has 3 N–H and O–H groups in total. The summed E-state index contributed by atoms with van der Waals surface area (Å²) in [5.41, 5.74) is 1.51. The van der Waals surface area contributed by atoms with Crippen molar-refractivity contribution in [1.82, 2.24) is 10.2 Å². The molecule has 4 nitrogen and oxygen atoms in total. The van der Waals surface area contributed by atoms with Crippen molar-refractivity contribution < 1.29 is 10.2 Å². The predicted molar refractivity (Wildman–Crippen MR) is 62.4 cm³/mol. The zero-order valence-electron chi connectivity index (χ0n) is 8.60. The molecule has 1 aromatic carbocycles. The average Bonchev–Trinajstić information content (AvgIpc) is 2.76. The molecule has 86 valence electrons. The van der Waals surface area contributed by atoms with Gasteiger partial charge in [0.15, 0.2) is 0 Å². The number of benzene rings is 1. The lowest BCUT2D eigenvalue weighted by atomic mass is 9.99. The van der Waals surface area contributed by atoms with Crippen LogP contribution in [0.5, 0.6) is 0 Å². The van der Waals surface area contributed by atoms with E-state index in [0.717, 1.165) is 10.9 Å². The first-order valence-electron chi connectivity index (χ1n) is 5.08. The molecule has 16 heavy (non-hydrogen) atoms. The van der Waals surface area contributed by atoms with E-state index < -0.39 is 12.2 Å². The zero-order chi connectivity index (χ0) is 11.5. The zero-order valence-corrected chi connectivity index (χ0v) is 9.35. The van der Waals surface area contributed by atoms with Crippen molar-refractivity contribution in [3.05, 3.63) is 30.0 Å². The first kappa shape index (κ1) is 11.4. The summed E-state index contributed by atoms with van der Waals surface area (Å²) in [5.74, 6) is 0.319. The highest BCUT2D eigenvalue weighted by molar-refractivity contribution is 6.17. The maximum absolute atomic E-state index is 9.99. The van der Waals surface area contributed by atoms with Crippen molar-refractivity contribution in [2.24, 2.45) is 0 Å². The summed E-state index contributed by atoms with van der Waals surface area (Å²) in [6.07, 6.45) is 0.219. The van der Waals surface area contributed by atoms with Crippen LogP contribution in [0.4, 0.5) is 0 Å². The second-order valence-electron chi connectivity index (χ2n) is 3.67. The van der Waals surface area contributed by atoms with Crippen molar-refractivity contribution in [3.8, 4) is 0 Å². The topological polar surface area (TPSA) is 69.1 Å². The Labute approximate surface area is 97.9 Å². The molecular weight excluding hydrogens is 228 g/mol. The van der Waals surface area contributed by atoms with E-state index in [0.29, 0.717) is 17.9 Å². The lowest BCUT2D eigenvalue weighted by molar-refractivity contribution is 0.0179. The quantitative estimate of drug-likeness (QED) is 0.711. The Bertz CT molecular complexity index is 472. The summed E-state index contributed by atoms with van der Waals surface area (Å²) in [4.78, 5) is 0. The maximum atomic E-state index is 9.99. The largest absolute Gasteiger partial charge is 0.390 e. The number of aromatic amines is 1. The summed E-state index contributed by atoms with van der Waals surface area (Å²) in [6.45, 7) is 0. The number of nitrogens with one attached hydrogen (secondary N) is 1. The van der Waals surface area contributed by atoms with Crippen LogP contribution >= 0.6 is 11.6 Å².